The van der Waals surface area contributed by atoms with Crippen molar-refractivity contribution in [2.75, 3.05) is 0 Å². The van der Waals surface area contributed by atoms with Crippen molar-refractivity contribution in [2.45, 2.75) is 57.6 Å². The van der Waals surface area contributed by atoms with Crippen LogP contribution in [0.2, 0.25) is 15.1 Å². The highest BCUT2D eigenvalue weighted by Crippen LogP contribution is 2.47. The Balaban J connectivity index is 1.39. The Labute approximate surface area is 238 Å². The topological polar surface area (TPSA) is 38.3 Å². The van der Waals surface area contributed by atoms with E-state index >= 15 is 4.39 Å². The molecule has 0 spiro atoms. The Hall–Kier alpha value is -2.27. The lowest BCUT2D eigenvalue weighted by Gasteiger charge is -2.50. The lowest BCUT2D eigenvalue weighted by Crippen LogP contribution is -2.56. The van der Waals surface area contributed by atoms with E-state index in [0.717, 1.165) is 24.8 Å². The van der Waals surface area contributed by atoms with Gasteiger partial charge in [-0.1, -0.05) is 66.8 Å². The number of carbonyl (C=O) groups is 1. The Morgan fingerprint density at radius 1 is 0.921 bits per heavy atom. The second-order valence-corrected chi connectivity index (χ2v) is 12.5. The molecule has 3 aromatic rings. The number of hydrogen-bond acceptors (Lipinski definition) is 2. The number of fused-ring (bicyclic) bond motifs is 2. The van der Waals surface area contributed by atoms with Gasteiger partial charge in [0.25, 0.3) is 5.91 Å². The van der Waals surface area contributed by atoms with Gasteiger partial charge in [0, 0.05) is 31.7 Å². The molecule has 7 heteroatoms. The second kappa shape index (κ2) is 11.1. The maximum Gasteiger partial charge on any atom is 0.251 e. The minimum absolute atomic E-state index is 0.0170. The van der Waals surface area contributed by atoms with Crippen LogP contribution in [0.25, 0.3) is 0 Å². The van der Waals surface area contributed by atoms with E-state index in [1.165, 1.54) is 25.0 Å². The number of hydrogen-bond donors (Lipinski definition) is 1. The summed E-state index contributed by atoms with van der Waals surface area (Å²) in [6.45, 7) is 4.53. The third kappa shape index (κ3) is 5.98. The predicted molar refractivity (Wildman–Crippen MR) is 152 cm³/mol. The first kappa shape index (κ1) is 27.3. The Bertz CT molecular complexity index is 1310. The van der Waals surface area contributed by atoms with E-state index in [-0.39, 0.29) is 22.8 Å². The molecule has 2 fully saturated rings. The van der Waals surface area contributed by atoms with Crippen LogP contribution in [-0.4, -0.2) is 11.4 Å². The number of ether oxygens (including phenoxy) is 1. The maximum absolute atomic E-state index is 15.4. The van der Waals surface area contributed by atoms with Crippen molar-refractivity contribution < 1.29 is 13.9 Å². The zero-order valence-electron chi connectivity index (χ0n) is 21.4. The highest BCUT2D eigenvalue weighted by atomic mass is 35.5. The molecule has 0 saturated heterocycles. The summed E-state index contributed by atoms with van der Waals surface area (Å²) < 4.78 is 21.6. The summed E-state index contributed by atoms with van der Waals surface area (Å²) in [6, 6.07) is 16.5. The van der Waals surface area contributed by atoms with E-state index in [1.807, 2.05) is 0 Å². The van der Waals surface area contributed by atoms with Crippen LogP contribution in [0.15, 0.2) is 60.7 Å². The van der Waals surface area contributed by atoms with E-state index < -0.39 is 11.9 Å². The molecule has 0 aromatic heterocycles. The highest BCUT2D eigenvalue weighted by molar-refractivity contribution is 6.35. The van der Waals surface area contributed by atoms with Gasteiger partial charge in [-0.2, -0.15) is 0 Å². The fraction of sp³-hybridized carbons (Fsp3) is 0.387. The van der Waals surface area contributed by atoms with Gasteiger partial charge < -0.3 is 10.1 Å². The standard InChI is InChI=1S/C31H31Cl3FNO2/c1-18-11-20-12-19(2)16-31(15-18,17-20)36-30(37)22-5-10-28(27(35)13-22)38-29(21-3-6-23(32)7-4-21)25-9-8-24(33)14-26(25)34/h3-10,13-14,18-20,29H,11-12,15-17H2,1-2H3,(H,36,37). The third-order valence-corrected chi connectivity index (χ3v) is 8.68. The molecule has 0 aliphatic heterocycles. The van der Waals surface area contributed by atoms with Gasteiger partial charge in [0.05, 0.1) is 0 Å². The molecule has 3 unspecified atom stereocenters. The molecule has 2 aliphatic carbocycles. The van der Waals surface area contributed by atoms with Crippen LogP contribution in [0, 0.1) is 23.6 Å². The smallest absolute Gasteiger partial charge is 0.251 e. The third-order valence-electron chi connectivity index (χ3n) is 7.86. The number of nitrogens with one attached hydrogen (secondary N) is 1. The Morgan fingerprint density at radius 2 is 1.58 bits per heavy atom. The largest absolute Gasteiger partial charge is 0.478 e. The molecule has 5 rings (SSSR count). The summed E-state index contributed by atoms with van der Waals surface area (Å²) in [5.41, 5.74) is 1.44. The van der Waals surface area contributed by atoms with E-state index in [2.05, 4.69) is 19.2 Å². The van der Waals surface area contributed by atoms with Gasteiger partial charge in [0.2, 0.25) is 0 Å². The molecule has 0 heterocycles. The normalized spacial score (nSPS) is 25.5. The molecule has 0 radical (unpaired) electrons. The van der Waals surface area contributed by atoms with Gasteiger partial charge in [-0.05, 0) is 97.9 Å². The number of halogens is 4. The first-order valence-electron chi connectivity index (χ1n) is 13.1. The molecule has 200 valence electrons. The van der Waals surface area contributed by atoms with Gasteiger partial charge in [-0.15, -0.1) is 0 Å². The van der Waals surface area contributed by atoms with Crippen LogP contribution in [0.4, 0.5) is 4.39 Å². The van der Waals surface area contributed by atoms with Crippen LogP contribution in [0.3, 0.4) is 0 Å². The molecule has 2 bridgehead atoms. The lowest BCUT2D eigenvalue weighted by molar-refractivity contribution is 0.0476. The summed E-state index contributed by atoms with van der Waals surface area (Å²) in [7, 11) is 0. The number of benzene rings is 3. The maximum atomic E-state index is 15.4. The Morgan fingerprint density at radius 3 is 2.21 bits per heavy atom. The average molecular weight is 575 g/mol. The zero-order chi connectivity index (χ0) is 27.0. The first-order chi connectivity index (χ1) is 18.1. The van der Waals surface area contributed by atoms with Crippen molar-refractivity contribution in [3.8, 4) is 5.75 Å². The minimum Gasteiger partial charge on any atom is -0.478 e. The van der Waals surface area contributed by atoms with E-state index in [4.69, 9.17) is 39.5 Å². The second-order valence-electron chi connectivity index (χ2n) is 11.3. The van der Waals surface area contributed by atoms with E-state index in [9.17, 15) is 4.79 Å². The fourth-order valence-electron chi connectivity index (χ4n) is 6.70. The molecule has 38 heavy (non-hydrogen) atoms. The molecule has 1 N–H and O–H groups in total. The number of amides is 1. The lowest BCUT2D eigenvalue weighted by atomic mass is 9.61. The summed E-state index contributed by atoms with van der Waals surface area (Å²) in [6.07, 6.45) is 4.66. The van der Waals surface area contributed by atoms with Crippen molar-refractivity contribution in [3.63, 3.8) is 0 Å². The van der Waals surface area contributed by atoms with E-state index in [1.54, 1.807) is 48.5 Å². The van der Waals surface area contributed by atoms with Gasteiger partial charge in [0.1, 0.15) is 0 Å². The summed E-state index contributed by atoms with van der Waals surface area (Å²) in [4.78, 5) is 13.3. The van der Waals surface area contributed by atoms with Crippen molar-refractivity contribution in [3.05, 3.63) is 98.2 Å². The van der Waals surface area contributed by atoms with Gasteiger partial charge >= 0.3 is 0 Å². The number of carbonyl (C=O) groups excluding carboxylic acids is 1. The summed E-state index contributed by atoms with van der Waals surface area (Å²) in [5.74, 6) is 0.929. The quantitative estimate of drug-likeness (QED) is 0.319. The zero-order valence-corrected chi connectivity index (χ0v) is 23.7. The molecule has 1 amide bonds. The van der Waals surface area contributed by atoms with Crippen LogP contribution in [0.1, 0.15) is 73.5 Å². The fourth-order valence-corrected chi connectivity index (χ4v) is 7.33. The monoisotopic (exact) mass is 573 g/mol. The SMILES string of the molecule is CC1CC2CC(C)CC(NC(=O)c3ccc(OC(c4ccc(Cl)cc4)c4ccc(Cl)cc4Cl)c(F)c3)(C1)C2. The Kier molecular flexibility index (Phi) is 7.96. The van der Waals surface area contributed by atoms with Crippen molar-refractivity contribution in [2.24, 2.45) is 17.8 Å². The van der Waals surface area contributed by atoms with Crippen molar-refractivity contribution in [1.82, 2.24) is 5.32 Å². The average Bonchev–Trinajstić information content (AvgIpc) is 2.83. The molecular formula is C31H31Cl3FNO2. The molecular weight excluding hydrogens is 544 g/mol. The summed E-state index contributed by atoms with van der Waals surface area (Å²) >= 11 is 18.7. The van der Waals surface area contributed by atoms with Crippen LogP contribution < -0.4 is 10.1 Å². The minimum atomic E-state index is -0.713. The highest BCUT2D eigenvalue weighted by Gasteiger charge is 2.45. The van der Waals surface area contributed by atoms with Crippen molar-refractivity contribution in [1.29, 1.82) is 0 Å². The first-order valence-corrected chi connectivity index (χ1v) is 14.2. The molecule has 3 nitrogen and oxygen atoms in total. The molecule has 3 aromatic carbocycles. The predicted octanol–water partition coefficient (Wildman–Crippen LogP) is 9.29. The van der Waals surface area contributed by atoms with Crippen LogP contribution in [-0.2, 0) is 0 Å². The van der Waals surface area contributed by atoms with Crippen LogP contribution in [0.5, 0.6) is 5.75 Å². The summed E-state index contributed by atoms with van der Waals surface area (Å²) in [5, 5.41) is 4.76. The molecule has 3 atom stereocenters. The van der Waals surface area contributed by atoms with Gasteiger partial charge in [-0.3, -0.25) is 4.79 Å². The van der Waals surface area contributed by atoms with Gasteiger partial charge in [-0.25, -0.2) is 4.39 Å². The number of rotatable bonds is 6. The molecule has 2 aliphatic rings. The van der Waals surface area contributed by atoms with Crippen molar-refractivity contribution >= 4 is 40.7 Å². The van der Waals surface area contributed by atoms with Crippen LogP contribution >= 0.6 is 34.8 Å². The van der Waals surface area contributed by atoms with Gasteiger partial charge in [0.15, 0.2) is 17.7 Å². The molecule has 2 saturated carbocycles. The van der Waals surface area contributed by atoms with E-state index in [0.29, 0.717) is 38.4 Å².